The minimum absolute atomic E-state index is 0.0650. The molecule has 7 heteroatoms. The van der Waals surface area contributed by atoms with E-state index in [0.717, 1.165) is 38.5 Å². The first-order valence-electron chi connectivity index (χ1n) is 8.64. The molecular weight excluding hydrogens is 348 g/mol. The third-order valence-corrected chi connectivity index (χ3v) is 5.12. The maximum atomic E-state index is 12.2. The van der Waals surface area contributed by atoms with E-state index in [0.29, 0.717) is 23.7 Å². The van der Waals surface area contributed by atoms with Crippen molar-refractivity contribution in [2.45, 2.75) is 0 Å². The summed E-state index contributed by atoms with van der Waals surface area (Å²) in [5.41, 5.74) is 0.520. The van der Waals surface area contributed by atoms with E-state index in [1.807, 2.05) is 35.7 Å². The molecule has 0 radical (unpaired) electrons. The fourth-order valence-corrected chi connectivity index (χ4v) is 3.60. The van der Waals surface area contributed by atoms with Gasteiger partial charge in [0.1, 0.15) is 23.4 Å². The molecule has 2 aromatic rings. The topological polar surface area (TPSA) is 68.6 Å². The van der Waals surface area contributed by atoms with Crippen LogP contribution in [0.15, 0.2) is 41.8 Å². The van der Waals surface area contributed by atoms with Gasteiger partial charge in [-0.1, -0.05) is 18.2 Å². The molecule has 1 amide bonds. The summed E-state index contributed by atoms with van der Waals surface area (Å²) in [5.74, 6) is 0.831. The first kappa shape index (κ1) is 18.4. The molecule has 0 aliphatic carbocycles. The number of anilines is 1. The second-order valence-corrected chi connectivity index (χ2v) is 7.02. The molecule has 6 nitrogen and oxygen atoms in total. The number of amides is 1. The van der Waals surface area contributed by atoms with Crippen LogP contribution in [0.25, 0.3) is 0 Å². The monoisotopic (exact) mass is 370 g/mol. The van der Waals surface area contributed by atoms with Gasteiger partial charge in [0.2, 0.25) is 5.91 Å². The summed E-state index contributed by atoms with van der Waals surface area (Å²) in [6.45, 7) is 5.47. The van der Waals surface area contributed by atoms with Crippen LogP contribution in [-0.2, 0) is 4.79 Å². The van der Waals surface area contributed by atoms with Gasteiger partial charge < -0.3 is 10.1 Å². The smallest absolute Gasteiger partial charge is 0.239 e. The lowest BCUT2D eigenvalue weighted by molar-refractivity contribution is -0.117. The Morgan fingerprint density at radius 1 is 1.15 bits per heavy atom. The van der Waals surface area contributed by atoms with E-state index >= 15 is 0 Å². The summed E-state index contributed by atoms with van der Waals surface area (Å²) in [4.78, 5) is 16.7. The second kappa shape index (κ2) is 9.34. The molecule has 1 N–H and O–H groups in total. The molecule has 1 saturated heterocycles. The van der Waals surface area contributed by atoms with Gasteiger partial charge in [-0.2, -0.15) is 5.26 Å². The molecule has 0 saturated carbocycles. The Morgan fingerprint density at radius 2 is 1.88 bits per heavy atom. The largest absolute Gasteiger partial charge is 0.492 e. The highest BCUT2D eigenvalue weighted by Gasteiger charge is 2.19. The van der Waals surface area contributed by atoms with E-state index in [1.165, 1.54) is 11.3 Å². The van der Waals surface area contributed by atoms with Crippen molar-refractivity contribution in [3.63, 3.8) is 0 Å². The number of ether oxygens (including phenoxy) is 1. The summed E-state index contributed by atoms with van der Waals surface area (Å²) >= 11 is 1.38. The van der Waals surface area contributed by atoms with Crippen molar-refractivity contribution in [3.05, 3.63) is 47.3 Å². The number of carbonyl (C=O) groups is 1. The molecular formula is C19H22N4O2S. The van der Waals surface area contributed by atoms with Crippen molar-refractivity contribution in [2.75, 3.05) is 51.2 Å². The number of rotatable bonds is 7. The average molecular weight is 370 g/mol. The van der Waals surface area contributed by atoms with E-state index in [2.05, 4.69) is 21.2 Å². The van der Waals surface area contributed by atoms with E-state index in [4.69, 9.17) is 10.00 Å². The lowest BCUT2D eigenvalue weighted by Crippen LogP contribution is -2.49. The van der Waals surface area contributed by atoms with Gasteiger partial charge in [0.15, 0.2) is 0 Å². The van der Waals surface area contributed by atoms with Crippen LogP contribution in [0.4, 0.5) is 5.00 Å². The Balaban J connectivity index is 1.34. The van der Waals surface area contributed by atoms with E-state index < -0.39 is 0 Å². The van der Waals surface area contributed by atoms with Gasteiger partial charge in [0, 0.05) is 32.7 Å². The minimum atomic E-state index is -0.0650. The average Bonchev–Trinajstić information content (AvgIpc) is 3.11. The van der Waals surface area contributed by atoms with Gasteiger partial charge in [-0.25, -0.2) is 0 Å². The van der Waals surface area contributed by atoms with E-state index in [9.17, 15) is 4.79 Å². The van der Waals surface area contributed by atoms with Crippen molar-refractivity contribution in [3.8, 4) is 11.8 Å². The fraction of sp³-hybridized carbons (Fsp3) is 0.368. The Morgan fingerprint density at radius 3 is 2.62 bits per heavy atom. The van der Waals surface area contributed by atoms with Crippen molar-refractivity contribution in [1.29, 1.82) is 5.26 Å². The first-order chi connectivity index (χ1) is 12.7. The molecule has 1 fully saturated rings. The molecule has 1 aromatic heterocycles. The molecule has 136 valence electrons. The number of para-hydroxylation sites is 1. The predicted molar refractivity (Wildman–Crippen MR) is 102 cm³/mol. The number of nitrogens with one attached hydrogen (secondary N) is 1. The Labute approximate surface area is 157 Å². The number of hydrogen-bond donors (Lipinski definition) is 1. The highest BCUT2D eigenvalue weighted by atomic mass is 32.1. The van der Waals surface area contributed by atoms with Gasteiger partial charge in [-0.05, 0) is 23.6 Å². The van der Waals surface area contributed by atoms with Crippen molar-refractivity contribution < 1.29 is 9.53 Å². The van der Waals surface area contributed by atoms with Crippen molar-refractivity contribution in [1.82, 2.24) is 9.80 Å². The molecule has 2 heterocycles. The van der Waals surface area contributed by atoms with Crippen LogP contribution in [0.3, 0.4) is 0 Å². The zero-order valence-electron chi connectivity index (χ0n) is 14.6. The predicted octanol–water partition coefficient (Wildman–Crippen LogP) is 2.25. The third kappa shape index (κ3) is 5.30. The summed E-state index contributed by atoms with van der Waals surface area (Å²) in [5, 5.41) is 14.3. The molecule has 0 bridgehead atoms. The Bertz CT molecular complexity index is 748. The van der Waals surface area contributed by atoms with Gasteiger partial charge in [-0.15, -0.1) is 11.3 Å². The van der Waals surface area contributed by atoms with Gasteiger partial charge >= 0.3 is 0 Å². The SMILES string of the molecule is N#Cc1ccsc1NC(=O)CN1CCN(CCOc2ccccc2)CC1. The van der Waals surface area contributed by atoms with Crippen LogP contribution < -0.4 is 10.1 Å². The highest BCUT2D eigenvalue weighted by molar-refractivity contribution is 7.14. The summed E-state index contributed by atoms with van der Waals surface area (Å²) in [7, 11) is 0. The van der Waals surface area contributed by atoms with Gasteiger partial charge in [0.25, 0.3) is 0 Å². The molecule has 3 rings (SSSR count). The van der Waals surface area contributed by atoms with E-state index in [-0.39, 0.29) is 5.91 Å². The van der Waals surface area contributed by atoms with E-state index in [1.54, 1.807) is 6.07 Å². The zero-order chi connectivity index (χ0) is 18.2. The summed E-state index contributed by atoms with van der Waals surface area (Å²) in [6.07, 6.45) is 0. The maximum absolute atomic E-state index is 12.2. The van der Waals surface area contributed by atoms with Crippen LogP contribution >= 0.6 is 11.3 Å². The zero-order valence-corrected chi connectivity index (χ0v) is 15.4. The van der Waals surface area contributed by atoms with Crippen molar-refractivity contribution >= 4 is 22.2 Å². The standard InChI is InChI=1S/C19H22N4O2S/c20-14-16-6-13-26-19(16)21-18(24)15-23-9-7-22(8-10-23)11-12-25-17-4-2-1-3-5-17/h1-6,13H,7-12,15H2,(H,21,24). The normalized spacial score (nSPS) is 15.3. The number of nitrogens with zero attached hydrogens (tertiary/aromatic N) is 3. The number of hydrogen-bond acceptors (Lipinski definition) is 6. The quantitative estimate of drug-likeness (QED) is 0.810. The molecule has 1 aliphatic rings. The number of piperazine rings is 1. The molecule has 0 spiro atoms. The van der Waals surface area contributed by atoms with Gasteiger partial charge in [-0.3, -0.25) is 14.6 Å². The number of benzene rings is 1. The van der Waals surface area contributed by atoms with Crippen LogP contribution in [0.1, 0.15) is 5.56 Å². The lowest BCUT2D eigenvalue weighted by atomic mass is 10.3. The Hall–Kier alpha value is -2.40. The molecule has 0 atom stereocenters. The van der Waals surface area contributed by atoms with Crippen molar-refractivity contribution in [2.24, 2.45) is 0 Å². The molecule has 1 aromatic carbocycles. The minimum Gasteiger partial charge on any atom is -0.492 e. The molecule has 26 heavy (non-hydrogen) atoms. The third-order valence-electron chi connectivity index (χ3n) is 4.29. The second-order valence-electron chi connectivity index (χ2n) is 6.10. The van der Waals surface area contributed by atoms with Crippen LogP contribution in [-0.4, -0.2) is 61.6 Å². The van der Waals surface area contributed by atoms with Crippen LogP contribution in [0, 0.1) is 11.3 Å². The number of carbonyl (C=O) groups excluding carboxylic acids is 1. The molecule has 1 aliphatic heterocycles. The Kier molecular flexibility index (Phi) is 6.61. The summed E-state index contributed by atoms with van der Waals surface area (Å²) in [6, 6.07) is 13.6. The highest BCUT2D eigenvalue weighted by Crippen LogP contribution is 2.22. The lowest BCUT2D eigenvalue weighted by Gasteiger charge is -2.34. The van der Waals surface area contributed by atoms with Crippen LogP contribution in [0.5, 0.6) is 5.75 Å². The fourth-order valence-electron chi connectivity index (χ4n) is 2.84. The van der Waals surface area contributed by atoms with Crippen LogP contribution in [0.2, 0.25) is 0 Å². The van der Waals surface area contributed by atoms with Gasteiger partial charge in [0.05, 0.1) is 12.1 Å². The first-order valence-corrected chi connectivity index (χ1v) is 9.52. The number of nitriles is 1. The molecule has 0 unspecified atom stereocenters. The number of thiophene rings is 1. The summed E-state index contributed by atoms with van der Waals surface area (Å²) < 4.78 is 5.74. The maximum Gasteiger partial charge on any atom is 0.239 e.